The van der Waals surface area contributed by atoms with Crippen molar-refractivity contribution in [3.8, 4) is 0 Å². The molecule has 0 saturated carbocycles. The van der Waals surface area contributed by atoms with Gasteiger partial charge >= 0.3 is 17.9 Å². The van der Waals surface area contributed by atoms with E-state index in [9.17, 15) is 14.4 Å². The molecule has 346 valence electrons. The van der Waals surface area contributed by atoms with E-state index in [0.29, 0.717) is 19.3 Å². The van der Waals surface area contributed by atoms with Crippen molar-refractivity contribution < 1.29 is 28.6 Å². The van der Waals surface area contributed by atoms with E-state index in [1.807, 2.05) is 12.2 Å². The molecule has 0 aliphatic rings. The van der Waals surface area contributed by atoms with Crippen molar-refractivity contribution in [3.05, 3.63) is 134 Å². The summed E-state index contributed by atoms with van der Waals surface area (Å²) in [4.78, 5) is 37.8. The highest BCUT2D eigenvalue weighted by Gasteiger charge is 2.19. The highest BCUT2D eigenvalue weighted by molar-refractivity contribution is 5.71. The molecule has 0 saturated heterocycles. The number of carbonyl (C=O) groups excluding carboxylic acids is 3. The van der Waals surface area contributed by atoms with Gasteiger partial charge in [-0.3, -0.25) is 14.4 Å². The van der Waals surface area contributed by atoms with E-state index >= 15 is 0 Å². The molecule has 0 spiro atoms. The van der Waals surface area contributed by atoms with Crippen molar-refractivity contribution in [3.63, 3.8) is 0 Å². The third-order valence-corrected chi connectivity index (χ3v) is 9.36. The van der Waals surface area contributed by atoms with E-state index in [4.69, 9.17) is 14.2 Å². The molecule has 0 aliphatic carbocycles. The summed E-state index contributed by atoms with van der Waals surface area (Å²) >= 11 is 0. The number of allylic oxidation sites excluding steroid dienone is 22. The lowest BCUT2D eigenvalue weighted by molar-refractivity contribution is -0.166. The largest absolute Gasteiger partial charge is 0.462 e. The van der Waals surface area contributed by atoms with Crippen LogP contribution in [0.15, 0.2) is 134 Å². The molecule has 0 aromatic rings. The van der Waals surface area contributed by atoms with Gasteiger partial charge in [0.1, 0.15) is 13.2 Å². The van der Waals surface area contributed by atoms with Crippen LogP contribution in [-0.4, -0.2) is 37.2 Å². The molecule has 6 nitrogen and oxygen atoms in total. The number of unbranched alkanes of at least 4 members (excludes halogenated alkanes) is 8. The van der Waals surface area contributed by atoms with Crippen LogP contribution < -0.4 is 0 Å². The molecule has 1 unspecified atom stereocenters. The average Bonchev–Trinajstić information content (AvgIpc) is 3.27. The maximum atomic E-state index is 12.7. The van der Waals surface area contributed by atoms with Crippen molar-refractivity contribution in [2.45, 2.75) is 187 Å². The van der Waals surface area contributed by atoms with Gasteiger partial charge in [-0.25, -0.2) is 0 Å². The fourth-order valence-electron chi connectivity index (χ4n) is 5.81. The topological polar surface area (TPSA) is 78.9 Å². The van der Waals surface area contributed by atoms with Gasteiger partial charge in [0.15, 0.2) is 6.10 Å². The van der Waals surface area contributed by atoms with Crippen LogP contribution >= 0.6 is 0 Å². The second kappa shape index (κ2) is 49.2. The smallest absolute Gasteiger partial charge is 0.306 e. The highest BCUT2D eigenvalue weighted by atomic mass is 16.6. The van der Waals surface area contributed by atoms with Gasteiger partial charge in [-0.05, 0) is 116 Å². The molecule has 0 aromatic heterocycles. The van der Waals surface area contributed by atoms with Gasteiger partial charge in [-0.15, -0.1) is 0 Å². The van der Waals surface area contributed by atoms with E-state index in [2.05, 4.69) is 142 Å². The maximum Gasteiger partial charge on any atom is 0.306 e. The van der Waals surface area contributed by atoms with Crippen LogP contribution in [-0.2, 0) is 28.6 Å². The summed E-state index contributed by atoms with van der Waals surface area (Å²) in [5.41, 5.74) is 0. The van der Waals surface area contributed by atoms with Gasteiger partial charge in [0, 0.05) is 19.3 Å². The first-order chi connectivity index (χ1) is 30.5. The Balaban J connectivity index is 4.58. The zero-order chi connectivity index (χ0) is 45.1. The van der Waals surface area contributed by atoms with Gasteiger partial charge < -0.3 is 14.2 Å². The minimum atomic E-state index is -0.837. The lowest BCUT2D eigenvalue weighted by Gasteiger charge is -2.18. The molecule has 62 heavy (non-hydrogen) atoms. The van der Waals surface area contributed by atoms with Gasteiger partial charge in [-0.2, -0.15) is 0 Å². The fraction of sp³-hybridized carbons (Fsp3) is 0.554. The SMILES string of the molecule is CC/C=C\C/C=C\C/C=C\C/C=C\C/C=C\C/C=C\CCC(=O)OCC(COC(=O)CCCCCCC/C=C\CCC)OC(=O)CCCC/C=C\C/C=C\C/C=C\C/C=C\CC. The predicted octanol–water partition coefficient (Wildman–Crippen LogP) is 15.9. The Morgan fingerprint density at radius 3 is 1.13 bits per heavy atom. The Kier molecular flexibility index (Phi) is 45.7. The molecule has 0 fully saturated rings. The molecular formula is C56H86O6. The molecule has 0 N–H and O–H groups in total. The second-order valence-corrected chi connectivity index (χ2v) is 15.2. The van der Waals surface area contributed by atoms with Gasteiger partial charge in [0.25, 0.3) is 0 Å². The second-order valence-electron chi connectivity index (χ2n) is 15.2. The minimum Gasteiger partial charge on any atom is -0.462 e. The van der Waals surface area contributed by atoms with Crippen molar-refractivity contribution in [2.75, 3.05) is 13.2 Å². The highest BCUT2D eigenvalue weighted by Crippen LogP contribution is 2.11. The number of hydrogen-bond acceptors (Lipinski definition) is 6. The zero-order valence-electron chi connectivity index (χ0n) is 39.3. The van der Waals surface area contributed by atoms with Crippen molar-refractivity contribution >= 4 is 17.9 Å². The third-order valence-electron chi connectivity index (χ3n) is 9.36. The van der Waals surface area contributed by atoms with E-state index in [1.165, 1.54) is 12.8 Å². The zero-order valence-corrected chi connectivity index (χ0v) is 39.3. The standard InChI is InChI=1S/C56H86O6/c1-4-7-10-13-16-19-22-24-26-27-28-29-31-32-34-37-40-43-46-49-55(58)61-52-53(51-60-54(57)48-45-42-39-36-21-18-15-12-9-6-3)62-56(59)50-47-44-41-38-35-33-30-25-23-20-17-14-11-8-5-2/h7-8,10-12,15-17,19-20,24-26,28-30,32,34-35,38,40,43,53H,4-6,9,13-14,18,21-23,27,31,33,36-37,39,41-42,44-52H2,1-3H3/b10-7-,11-8-,15-12-,19-16-,20-17-,26-24-,29-28-,30-25-,34-32-,38-35-,43-40-. The molecule has 0 aliphatic heterocycles. The molecule has 6 heteroatoms. The summed E-state index contributed by atoms with van der Waals surface area (Å²) in [7, 11) is 0. The first kappa shape index (κ1) is 57.5. The van der Waals surface area contributed by atoms with Gasteiger partial charge in [-0.1, -0.05) is 180 Å². The van der Waals surface area contributed by atoms with Gasteiger partial charge in [0.05, 0.1) is 0 Å². The molecule has 0 bridgehead atoms. The fourth-order valence-corrected chi connectivity index (χ4v) is 5.81. The maximum absolute atomic E-state index is 12.7. The summed E-state index contributed by atoms with van der Waals surface area (Å²) < 4.78 is 16.6. The molecule has 0 radical (unpaired) electrons. The van der Waals surface area contributed by atoms with Crippen LogP contribution in [0.5, 0.6) is 0 Å². The summed E-state index contributed by atoms with van der Waals surface area (Å²) in [5, 5.41) is 0. The van der Waals surface area contributed by atoms with Crippen molar-refractivity contribution in [1.29, 1.82) is 0 Å². The first-order valence-electron chi connectivity index (χ1n) is 24.2. The number of hydrogen-bond donors (Lipinski definition) is 0. The average molecular weight is 855 g/mol. The Morgan fingerprint density at radius 2 is 0.661 bits per heavy atom. The molecule has 0 amide bonds. The third kappa shape index (κ3) is 46.6. The van der Waals surface area contributed by atoms with Crippen LogP contribution in [0.4, 0.5) is 0 Å². The Morgan fingerprint density at radius 1 is 0.339 bits per heavy atom. The summed E-state index contributed by atoms with van der Waals surface area (Å²) in [5.74, 6) is -1.08. The summed E-state index contributed by atoms with van der Waals surface area (Å²) in [6.45, 7) is 6.20. The van der Waals surface area contributed by atoms with Gasteiger partial charge in [0.2, 0.25) is 0 Å². The number of ether oxygens (including phenoxy) is 3. The van der Waals surface area contributed by atoms with E-state index < -0.39 is 6.10 Å². The number of rotatable bonds is 41. The number of carbonyl (C=O) groups is 3. The molecule has 0 aromatic carbocycles. The summed E-state index contributed by atoms with van der Waals surface area (Å²) in [6.07, 6.45) is 68.8. The monoisotopic (exact) mass is 855 g/mol. The van der Waals surface area contributed by atoms with E-state index in [-0.39, 0.29) is 44.0 Å². The van der Waals surface area contributed by atoms with Crippen LogP contribution in [0.25, 0.3) is 0 Å². The van der Waals surface area contributed by atoms with Crippen LogP contribution in [0.1, 0.15) is 181 Å². The van der Waals surface area contributed by atoms with Crippen molar-refractivity contribution in [2.24, 2.45) is 0 Å². The molecule has 0 heterocycles. The summed E-state index contributed by atoms with van der Waals surface area (Å²) in [6, 6.07) is 0. The Bertz CT molecular complexity index is 1400. The molecule has 1 atom stereocenters. The minimum absolute atomic E-state index is 0.128. The van der Waals surface area contributed by atoms with Crippen LogP contribution in [0.2, 0.25) is 0 Å². The van der Waals surface area contributed by atoms with Crippen molar-refractivity contribution in [1.82, 2.24) is 0 Å². The number of esters is 3. The quantitative estimate of drug-likeness (QED) is 0.0264. The van der Waals surface area contributed by atoms with Crippen LogP contribution in [0.3, 0.4) is 0 Å². The Labute approximate surface area is 379 Å². The van der Waals surface area contributed by atoms with E-state index in [0.717, 1.165) is 116 Å². The normalized spacial score (nSPS) is 13.3. The lowest BCUT2D eigenvalue weighted by Crippen LogP contribution is -2.30. The Hall–Kier alpha value is -4.45. The lowest BCUT2D eigenvalue weighted by atomic mass is 10.1. The van der Waals surface area contributed by atoms with Crippen LogP contribution in [0, 0.1) is 0 Å². The molecular weight excluding hydrogens is 769 g/mol. The molecule has 0 rings (SSSR count). The predicted molar refractivity (Wildman–Crippen MR) is 265 cm³/mol. The van der Waals surface area contributed by atoms with E-state index in [1.54, 1.807) is 0 Å². The first-order valence-corrected chi connectivity index (χ1v) is 24.2.